The lowest BCUT2D eigenvalue weighted by molar-refractivity contribution is -0.130. The van der Waals surface area contributed by atoms with Crippen LogP contribution in [0.15, 0.2) is 0 Å². The van der Waals surface area contributed by atoms with E-state index in [9.17, 15) is 9.59 Å². The van der Waals surface area contributed by atoms with E-state index in [1.54, 1.807) is 0 Å². The summed E-state index contributed by atoms with van der Waals surface area (Å²) in [5.74, 6) is 0.0199. The number of urea groups is 1. The second-order valence-corrected chi connectivity index (χ2v) is 6.10. The third-order valence-electron chi connectivity index (χ3n) is 4.48. The van der Waals surface area contributed by atoms with Gasteiger partial charge in [-0.3, -0.25) is 4.79 Å². The third kappa shape index (κ3) is 4.88. The van der Waals surface area contributed by atoms with E-state index in [1.807, 2.05) is 11.9 Å². The molecule has 1 atom stereocenters. The van der Waals surface area contributed by atoms with E-state index in [4.69, 9.17) is 0 Å². The van der Waals surface area contributed by atoms with Crippen LogP contribution in [0.4, 0.5) is 4.79 Å². The van der Waals surface area contributed by atoms with Gasteiger partial charge in [0.1, 0.15) is 0 Å². The summed E-state index contributed by atoms with van der Waals surface area (Å²) in [5, 5.41) is 8.80. The van der Waals surface area contributed by atoms with Crippen molar-refractivity contribution in [3.63, 3.8) is 0 Å². The maximum atomic E-state index is 12.2. The Morgan fingerprint density at radius 3 is 2.57 bits per heavy atom. The van der Waals surface area contributed by atoms with Crippen LogP contribution in [0.1, 0.15) is 44.9 Å². The zero-order valence-corrected chi connectivity index (χ0v) is 13.0. The molecule has 2 aliphatic rings. The van der Waals surface area contributed by atoms with Crippen molar-refractivity contribution >= 4 is 11.9 Å². The molecule has 0 aromatic carbocycles. The molecule has 1 aliphatic carbocycles. The molecule has 0 spiro atoms. The van der Waals surface area contributed by atoms with E-state index in [0.717, 1.165) is 38.8 Å². The molecule has 1 aliphatic heterocycles. The van der Waals surface area contributed by atoms with E-state index in [0.29, 0.717) is 0 Å². The minimum Gasteiger partial charge on any atom is -0.337 e. The Morgan fingerprint density at radius 1 is 1.10 bits per heavy atom. The van der Waals surface area contributed by atoms with Crippen LogP contribution >= 0.6 is 0 Å². The molecule has 6 heteroatoms. The lowest BCUT2D eigenvalue weighted by atomic mass is 9.96. The molecule has 0 bridgehead atoms. The molecule has 2 fully saturated rings. The Morgan fingerprint density at radius 2 is 1.86 bits per heavy atom. The van der Waals surface area contributed by atoms with Crippen LogP contribution < -0.4 is 16.0 Å². The van der Waals surface area contributed by atoms with Gasteiger partial charge in [0, 0.05) is 25.2 Å². The van der Waals surface area contributed by atoms with Gasteiger partial charge in [0.2, 0.25) is 5.91 Å². The monoisotopic (exact) mass is 296 g/mol. The quantitative estimate of drug-likeness (QED) is 0.703. The number of carbonyl (C=O) groups is 2. The predicted molar refractivity (Wildman–Crippen MR) is 82.1 cm³/mol. The molecule has 1 unspecified atom stereocenters. The number of nitrogens with one attached hydrogen (secondary N) is 3. The third-order valence-corrected chi connectivity index (χ3v) is 4.48. The molecule has 120 valence electrons. The van der Waals surface area contributed by atoms with Gasteiger partial charge in [-0.1, -0.05) is 19.3 Å². The summed E-state index contributed by atoms with van der Waals surface area (Å²) in [7, 11) is 1.90. The van der Waals surface area contributed by atoms with E-state index in [1.165, 1.54) is 19.3 Å². The van der Waals surface area contributed by atoms with Crippen LogP contribution in [0.2, 0.25) is 0 Å². The normalized spacial score (nSPS) is 23.1. The van der Waals surface area contributed by atoms with Crippen molar-refractivity contribution in [2.75, 3.05) is 26.7 Å². The summed E-state index contributed by atoms with van der Waals surface area (Å²) in [4.78, 5) is 25.9. The maximum absolute atomic E-state index is 12.2. The van der Waals surface area contributed by atoms with Gasteiger partial charge in [-0.25, -0.2) is 4.79 Å². The Bertz CT molecular complexity index is 356. The number of rotatable bonds is 5. The minimum absolute atomic E-state index is 0.0199. The maximum Gasteiger partial charge on any atom is 0.315 e. The summed E-state index contributed by atoms with van der Waals surface area (Å²) < 4.78 is 0. The van der Waals surface area contributed by atoms with Gasteiger partial charge in [0.05, 0.1) is 6.54 Å². The highest BCUT2D eigenvalue weighted by atomic mass is 16.2. The van der Waals surface area contributed by atoms with Crippen molar-refractivity contribution in [1.29, 1.82) is 0 Å². The first-order valence-corrected chi connectivity index (χ1v) is 8.19. The standard InChI is InChI=1S/C15H28N4O2/c1-16-10-13-8-5-9-19(13)14(20)11-17-15(21)18-12-6-3-2-4-7-12/h12-13,16H,2-11H2,1H3,(H2,17,18,21). The van der Waals surface area contributed by atoms with Crippen LogP contribution in [0.3, 0.4) is 0 Å². The van der Waals surface area contributed by atoms with Crippen LogP contribution in [0, 0.1) is 0 Å². The number of carbonyl (C=O) groups excluding carboxylic acids is 2. The highest BCUT2D eigenvalue weighted by Crippen LogP contribution is 2.17. The van der Waals surface area contributed by atoms with Gasteiger partial charge in [0.15, 0.2) is 0 Å². The van der Waals surface area contributed by atoms with Gasteiger partial charge in [0.25, 0.3) is 0 Å². The molecule has 0 aromatic heterocycles. The smallest absolute Gasteiger partial charge is 0.315 e. The highest BCUT2D eigenvalue weighted by Gasteiger charge is 2.28. The summed E-state index contributed by atoms with van der Waals surface area (Å²) >= 11 is 0. The summed E-state index contributed by atoms with van der Waals surface area (Å²) in [6, 6.07) is 0.336. The predicted octanol–water partition coefficient (Wildman–Crippen LogP) is 0.829. The second-order valence-electron chi connectivity index (χ2n) is 6.10. The molecule has 1 heterocycles. The second kappa shape index (κ2) is 8.22. The highest BCUT2D eigenvalue weighted by molar-refractivity contribution is 5.84. The molecule has 2 rings (SSSR count). The minimum atomic E-state index is -0.209. The van der Waals surface area contributed by atoms with Crippen LogP contribution in [-0.4, -0.2) is 55.6 Å². The van der Waals surface area contributed by atoms with E-state index in [-0.39, 0.29) is 30.6 Å². The van der Waals surface area contributed by atoms with Gasteiger partial charge in [-0.15, -0.1) is 0 Å². The first-order valence-electron chi connectivity index (χ1n) is 8.19. The van der Waals surface area contributed by atoms with E-state index in [2.05, 4.69) is 16.0 Å². The summed E-state index contributed by atoms with van der Waals surface area (Å²) in [5.41, 5.74) is 0. The van der Waals surface area contributed by atoms with Crippen molar-refractivity contribution in [1.82, 2.24) is 20.9 Å². The van der Waals surface area contributed by atoms with Crippen LogP contribution in [0.5, 0.6) is 0 Å². The number of hydrogen-bond acceptors (Lipinski definition) is 3. The fourth-order valence-corrected chi connectivity index (χ4v) is 3.35. The molecule has 1 saturated heterocycles. The lowest BCUT2D eigenvalue weighted by Crippen LogP contribution is -2.49. The molecule has 21 heavy (non-hydrogen) atoms. The van der Waals surface area contributed by atoms with Crippen molar-refractivity contribution in [2.24, 2.45) is 0 Å². The first-order chi connectivity index (χ1) is 10.2. The molecule has 0 radical (unpaired) electrons. The number of likely N-dealkylation sites (tertiary alicyclic amines) is 1. The fourth-order valence-electron chi connectivity index (χ4n) is 3.35. The summed E-state index contributed by atoms with van der Waals surface area (Å²) in [6.07, 6.45) is 7.83. The van der Waals surface area contributed by atoms with Gasteiger partial charge < -0.3 is 20.9 Å². The Kier molecular flexibility index (Phi) is 6.29. The summed E-state index contributed by atoms with van der Waals surface area (Å²) in [6.45, 7) is 1.72. The van der Waals surface area contributed by atoms with Crippen molar-refractivity contribution in [3.8, 4) is 0 Å². The molecular formula is C15H28N4O2. The van der Waals surface area contributed by atoms with Crippen LogP contribution in [0.25, 0.3) is 0 Å². The topological polar surface area (TPSA) is 73.5 Å². The fraction of sp³-hybridized carbons (Fsp3) is 0.867. The Hall–Kier alpha value is -1.30. The molecule has 1 saturated carbocycles. The zero-order valence-electron chi connectivity index (χ0n) is 13.0. The van der Waals surface area contributed by atoms with E-state index < -0.39 is 0 Å². The lowest BCUT2D eigenvalue weighted by Gasteiger charge is -2.25. The molecule has 3 amide bonds. The molecule has 3 N–H and O–H groups in total. The molecular weight excluding hydrogens is 268 g/mol. The Balaban J connectivity index is 1.69. The largest absolute Gasteiger partial charge is 0.337 e. The Labute approximate surface area is 127 Å². The average Bonchev–Trinajstić information content (AvgIpc) is 2.95. The zero-order chi connectivity index (χ0) is 15.1. The first kappa shape index (κ1) is 16.1. The van der Waals surface area contributed by atoms with E-state index >= 15 is 0 Å². The van der Waals surface area contributed by atoms with Gasteiger partial charge >= 0.3 is 6.03 Å². The number of likely N-dealkylation sites (N-methyl/N-ethyl adjacent to an activating group) is 1. The molecule has 6 nitrogen and oxygen atoms in total. The SMILES string of the molecule is CNCC1CCCN1C(=O)CNC(=O)NC1CCCCC1. The van der Waals surface area contributed by atoms with Gasteiger partial charge in [-0.2, -0.15) is 0 Å². The molecule has 0 aromatic rings. The van der Waals surface area contributed by atoms with Crippen molar-refractivity contribution in [2.45, 2.75) is 57.0 Å². The van der Waals surface area contributed by atoms with Gasteiger partial charge in [-0.05, 0) is 32.7 Å². The number of nitrogens with zero attached hydrogens (tertiary/aromatic N) is 1. The van der Waals surface area contributed by atoms with Crippen molar-refractivity contribution < 1.29 is 9.59 Å². The number of amides is 3. The van der Waals surface area contributed by atoms with Crippen LogP contribution in [-0.2, 0) is 4.79 Å². The van der Waals surface area contributed by atoms with Crippen molar-refractivity contribution in [3.05, 3.63) is 0 Å². The number of hydrogen-bond donors (Lipinski definition) is 3. The average molecular weight is 296 g/mol.